The van der Waals surface area contributed by atoms with Crippen molar-refractivity contribution in [1.82, 2.24) is 4.98 Å². The van der Waals surface area contributed by atoms with Crippen molar-refractivity contribution in [3.05, 3.63) is 59.8 Å². The lowest BCUT2D eigenvalue weighted by atomic mass is 9.48. The summed E-state index contributed by atoms with van der Waals surface area (Å²) in [6.07, 6.45) is 10.2. The molecule has 1 aromatic heterocycles. The largest absolute Gasteiger partial charge is 0.493 e. The van der Waals surface area contributed by atoms with Crippen molar-refractivity contribution in [2.24, 2.45) is 23.7 Å². The van der Waals surface area contributed by atoms with Gasteiger partial charge in [0.15, 0.2) is 0 Å². The van der Waals surface area contributed by atoms with Crippen LogP contribution < -0.4 is 4.74 Å². The van der Waals surface area contributed by atoms with Crippen LogP contribution in [0.2, 0.25) is 0 Å². The summed E-state index contributed by atoms with van der Waals surface area (Å²) in [5, 5.41) is 10.1. The van der Waals surface area contributed by atoms with Crippen LogP contribution in [-0.4, -0.2) is 22.7 Å². The molecule has 4 nitrogen and oxygen atoms in total. The highest BCUT2D eigenvalue weighted by molar-refractivity contribution is 7.18. The van der Waals surface area contributed by atoms with Gasteiger partial charge in [-0.3, -0.25) is 0 Å². The summed E-state index contributed by atoms with van der Waals surface area (Å²) in [7, 11) is 0. The zero-order chi connectivity index (χ0) is 24.2. The van der Waals surface area contributed by atoms with E-state index in [0.717, 1.165) is 45.6 Å². The predicted molar refractivity (Wildman–Crippen MR) is 140 cm³/mol. The molecule has 2 aromatic carbocycles. The molecule has 4 fully saturated rings. The minimum absolute atomic E-state index is 0.261. The smallest absolute Gasteiger partial charge is 0.335 e. The fourth-order valence-electron chi connectivity index (χ4n) is 7.22. The van der Waals surface area contributed by atoms with Gasteiger partial charge in [-0.2, -0.15) is 0 Å². The molecule has 0 unspecified atom stereocenters. The van der Waals surface area contributed by atoms with Crippen molar-refractivity contribution < 1.29 is 14.6 Å². The average Bonchev–Trinajstić information content (AvgIpc) is 3.32. The van der Waals surface area contributed by atoms with E-state index >= 15 is 0 Å². The molecule has 0 radical (unpaired) electrons. The van der Waals surface area contributed by atoms with E-state index in [-0.39, 0.29) is 5.41 Å². The number of hydrogen-bond donors (Lipinski definition) is 1. The van der Waals surface area contributed by atoms with E-state index in [1.807, 2.05) is 18.3 Å². The lowest BCUT2D eigenvalue weighted by molar-refractivity contribution is -0.00647. The van der Waals surface area contributed by atoms with Crippen molar-refractivity contribution >= 4 is 17.3 Å². The monoisotopic (exact) mass is 487 g/mol. The number of hydrogen-bond acceptors (Lipinski definition) is 4. The first kappa shape index (κ1) is 22.8. The number of aromatic nitrogens is 1. The highest BCUT2D eigenvalue weighted by Crippen LogP contribution is 2.62. The van der Waals surface area contributed by atoms with Crippen molar-refractivity contribution in [3.8, 4) is 26.8 Å². The zero-order valence-corrected chi connectivity index (χ0v) is 21.3. The van der Waals surface area contributed by atoms with E-state index in [9.17, 15) is 9.90 Å². The number of rotatable bonds is 7. The van der Waals surface area contributed by atoms with Gasteiger partial charge in [0.25, 0.3) is 0 Å². The number of carboxylic acid groups (broad SMARTS) is 1. The van der Waals surface area contributed by atoms with Gasteiger partial charge in [0.05, 0.1) is 17.0 Å². The zero-order valence-electron chi connectivity index (χ0n) is 20.5. The second kappa shape index (κ2) is 8.77. The number of benzene rings is 2. The van der Waals surface area contributed by atoms with Crippen molar-refractivity contribution in [2.75, 3.05) is 6.61 Å². The van der Waals surface area contributed by atoms with Gasteiger partial charge in [0, 0.05) is 17.3 Å². The lowest BCUT2D eigenvalue weighted by Gasteiger charge is -2.57. The van der Waals surface area contributed by atoms with Crippen LogP contribution in [0.3, 0.4) is 0 Å². The molecule has 1 heterocycles. The van der Waals surface area contributed by atoms with Crippen LogP contribution >= 0.6 is 11.3 Å². The Morgan fingerprint density at radius 1 is 1.03 bits per heavy atom. The third-order valence-electron chi connectivity index (χ3n) is 8.33. The summed E-state index contributed by atoms with van der Waals surface area (Å²) < 4.78 is 6.42. The Hall–Kier alpha value is -2.66. The van der Waals surface area contributed by atoms with Crippen LogP contribution in [0.15, 0.2) is 48.7 Å². The summed E-state index contributed by atoms with van der Waals surface area (Å²) in [4.78, 5) is 17.0. The Labute approximate surface area is 211 Å². The van der Waals surface area contributed by atoms with Gasteiger partial charge in [-0.25, -0.2) is 9.78 Å². The first-order valence-corrected chi connectivity index (χ1v) is 13.8. The maximum absolute atomic E-state index is 11.2. The number of carboxylic acids is 1. The topological polar surface area (TPSA) is 59.4 Å². The van der Waals surface area contributed by atoms with E-state index < -0.39 is 5.97 Å². The lowest BCUT2D eigenvalue weighted by Crippen LogP contribution is -2.48. The van der Waals surface area contributed by atoms with E-state index in [0.29, 0.717) is 11.5 Å². The van der Waals surface area contributed by atoms with Crippen molar-refractivity contribution in [3.63, 3.8) is 0 Å². The van der Waals surface area contributed by atoms with E-state index in [2.05, 4.69) is 37.0 Å². The van der Waals surface area contributed by atoms with Crippen LogP contribution in [0.5, 0.6) is 5.75 Å². The van der Waals surface area contributed by atoms with Gasteiger partial charge < -0.3 is 9.84 Å². The van der Waals surface area contributed by atoms with Gasteiger partial charge in [0.2, 0.25) is 0 Å². The normalized spacial score (nSPS) is 26.9. The summed E-state index contributed by atoms with van der Waals surface area (Å²) in [6.45, 7) is 5.16. The fraction of sp³-hybridized carbons (Fsp3) is 0.467. The molecule has 4 saturated carbocycles. The van der Waals surface area contributed by atoms with Crippen LogP contribution in [0.4, 0.5) is 0 Å². The third-order valence-corrected chi connectivity index (χ3v) is 9.43. The molecule has 4 aliphatic carbocycles. The van der Waals surface area contributed by atoms with Gasteiger partial charge >= 0.3 is 5.97 Å². The number of nitrogens with zero attached hydrogens (tertiary/aromatic N) is 1. The third kappa shape index (κ3) is 4.29. The summed E-state index contributed by atoms with van der Waals surface area (Å²) >= 11 is 1.66. The summed E-state index contributed by atoms with van der Waals surface area (Å²) in [5.74, 6) is 3.31. The molecule has 4 bridgehead atoms. The van der Waals surface area contributed by atoms with Crippen molar-refractivity contribution in [2.45, 2.75) is 57.8 Å². The first-order valence-electron chi connectivity index (χ1n) is 13.0. The summed E-state index contributed by atoms with van der Waals surface area (Å²) in [5.41, 5.74) is 4.14. The highest BCUT2D eigenvalue weighted by atomic mass is 32.1. The Balaban J connectivity index is 1.35. The van der Waals surface area contributed by atoms with Gasteiger partial charge in [0.1, 0.15) is 10.8 Å². The SMILES string of the molecule is CC(C)COc1ccc(-c2cnc(-c3ccc(C(=O)O)cc3)s2)cc1C12CC3CC(CC(C3)C1)C2. The van der Waals surface area contributed by atoms with Crippen LogP contribution in [0, 0.1) is 23.7 Å². The molecular formula is C30H33NO3S. The fourth-order valence-corrected chi connectivity index (χ4v) is 8.13. The second-order valence-corrected chi connectivity index (χ2v) is 12.6. The molecule has 5 heteroatoms. The van der Waals surface area contributed by atoms with E-state index in [1.165, 1.54) is 49.7 Å². The number of aromatic carboxylic acids is 1. The standard InChI is InChI=1S/C30H33NO3S/c1-18(2)17-34-26-8-7-24(12-25(26)30-13-19-9-20(14-30)11-21(10-19)15-30)27-16-31-28(35-27)22-3-5-23(6-4-22)29(32)33/h3-8,12,16,18-21H,9-11,13-15,17H2,1-2H3,(H,32,33). The number of thiazole rings is 1. The molecule has 0 atom stereocenters. The Morgan fingerprint density at radius 3 is 2.26 bits per heavy atom. The van der Waals surface area contributed by atoms with Gasteiger partial charge in [-0.1, -0.05) is 26.0 Å². The minimum atomic E-state index is -0.909. The minimum Gasteiger partial charge on any atom is -0.493 e. The predicted octanol–water partition coefficient (Wildman–Crippen LogP) is 7.68. The summed E-state index contributed by atoms with van der Waals surface area (Å²) in [6, 6.07) is 13.8. The van der Waals surface area contributed by atoms with E-state index in [4.69, 9.17) is 4.74 Å². The average molecular weight is 488 g/mol. The molecule has 7 rings (SSSR count). The molecule has 35 heavy (non-hydrogen) atoms. The number of carbonyl (C=O) groups is 1. The molecule has 0 saturated heterocycles. The van der Waals surface area contributed by atoms with Crippen LogP contribution in [-0.2, 0) is 5.41 Å². The second-order valence-electron chi connectivity index (χ2n) is 11.5. The molecule has 4 aliphatic rings. The Morgan fingerprint density at radius 2 is 1.66 bits per heavy atom. The molecule has 0 amide bonds. The number of ether oxygens (including phenoxy) is 1. The molecular weight excluding hydrogens is 454 g/mol. The van der Waals surface area contributed by atoms with Gasteiger partial charge in [-0.15, -0.1) is 11.3 Å². The quantitative estimate of drug-likeness (QED) is 0.371. The Bertz CT molecular complexity index is 1210. The maximum Gasteiger partial charge on any atom is 0.335 e. The van der Waals surface area contributed by atoms with Crippen LogP contribution in [0.1, 0.15) is 68.3 Å². The van der Waals surface area contributed by atoms with Crippen molar-refractivity contribution in [1.29, 1.82) is 0 Å². The molecule has 0 aliphatic heterocycles. The first-order chi connectivity index (χ1) is 16.9. The molecule has 1 N–H and O–H groups in total. The maximum atomic E-state index is 11.2. The highest BCUT2D eigenvalue weighted by Gasteiger charge is 2.52. The molecule has 0 spiro atoms. The van der Waals surface area contributed by atoms with Crippen LogP contribution in [0.25, 0.3) is 21.0 Å². The Kier molecular flexibility index (Phi) is 5.71. The molecule has 182 valence electrons. The van der Waals surface area contributed by atoms with Gasteiger partial charge in [-0.05, 0) is 104 Å². The van der Waals surface area contributed by atoms with E-state index in [1.54, 1.807) is 23.5 Å². The molecule has 3 aromatic rings.